The van der Waals surface area contributed by atoms with E-state index in [4.69, 9.17) is 0 Å². The highest BCUT2D eigenvalue weighted by molar-refractivity contribution is 14.1. The van der Waals surface area contributed by atoms with Crippen molar-refractivity contribution < 1.29 is 0 Å². The normalized spacial score (nSPS) is 33.0. The van der Waals surface area contributed by atoms with E-state index in [9.17, 15) is 0 Å². The van der Waals surface area contributed by atoms with Gasteiger partial charge in [0.2, 0.25) is 0 Å². The van der Waals surface area contributed by atoms with Gasteiger partial charge in [0.25, 0.3) is 0 Å². The Labute approximate surface area is 72.6 Å². The van der Waals surface area contributed by atoms with Crippen LogP contribution >= 0.6 is 22.6 Å². The van der Waals surface area contributed by atoms with E-state index in [1.165, 1.54) is 17.3 Å². The van der Waals surface area contributed by atoms with Crippen LogP contribution in [0.2, 0.25) is 24.7 Å². The predicted octanol–water partition coefficient (Wildman–Crippen LogP) is 3.29. The summed E-state index contributed by atoms with van der Waals surface area (Å²) in [6.07, 6.45) is 3.05. The SMILES string of the molecule is C[Si]1(C)CCCC1CI. The summed E-state index contributed by atoms with van der Waals surface area (Å²) < 4.78 is 1.41. The smallest absolute Gasteiger partial charge is 0.0512 e. The Balaban J connectivity index is 2.52. The minimum atomic E-state index is -0.677. The minimum Gasteiger partial charge on any atom is -0.0864 e. The molecule has 0 aromatic rings. The van der Waals surface area contributed by atoms with Gasteiger partial charge in [0, 0.05) is 4.43 Å². The van der Waals surface area contributed by atoms with Gasteiger partial charge in [-0.25, -0.2) is 0 Å². The van der Waals surface area contributed by atoms with Crippen molar-refractivity contribution >= 4 is 30.7 Å². The van der Waals surface area contributed by atoms with Crippen molar-refractivity contribution in [1.82, 2.24) is 0 Å². The van der Waals surface area contributed by atoms with Gasteiger partial charge in [-0.2, -0.15) is 0 Å². The summed E-state index contributed by atoms with van der Waals surface area (Å²) in [4.78, 5) is 0. The Morgan fingerprint density at radius 1 is 1.56 bits per heavy atom. The van der Waals surface area contributed by atoms with Crippen LogP contribution in [0.25, 0.3) is 0 Å². The van der Waals surface area contributed by atoms with Crippen molar-refractivity contribution in [2.45, 2.75) is 37.5 Å². The van der Waals surface area contributed by atoms with Gasteiger partial charge in [0.1, 0.15) is 0 Å². The molecule has 0 nitrogen and oxygen atoms in total. The molecule has 0 aliphatic carbocycles. The monoisotopic (exact) mass is 254 g/mol. The summed E-state index contributed by atoms with van der Waals surface area (Å²) in [6, 6.07) is 1.58. The highest BCUT2D eigenvalue weighted by Crippen LogP contribution is 2.40. The van der Waals surface area contributed by atoms with Crippen molar-refractivity contribution in [2.75, 3.05) is 4.43 Å². The zero-order valence-corrected chi connectivity index (χ0v) is 9.44. The molecule has 0 aromatic carbocycles. The summed E-state index contributed by atoms with van der Waals surface area (Å²) in [6.45, 7) is 5.09. The molecule has 0 radical (unpaired) electrons. The third kappa shape index (κ3) is 1.70. The zero-order valence-electron chi connectivity index (χ0n) is 6.28. The quantitative estimate of drug-likeness (QED) is 0.382. The van der Waals surface area contributed by atoms with Gasteiger partial charge in [-0.1, -0.05) is 54.6 Å². The lowest BCUT2D eigenvalue weighted by molar-refractivity contribution is 0.831. The number of alkyl halides is 1. The van der Waals surface area contributed by atoms with Crippen LogP contribution in [0.5, 0.6) is 0 Å². The van der Waals surface area contributed by atoms with E-state index in [0.717, 1.165) is 5.54 Å². The predicted molar refractivity (Wildman–Crippen MR) is 54.2 cm³/mol. The van der Waals surface area contributed by atoms with E-state index in [-0.39, 0.29) is 0 Å². The van der Waals surface area contributed by atoms with Gasteiger partial charge in [0.15, 0.2) is 0 Å². The fourth-order valence-electron chi connectivity index (χ4n) is 1.68. The Hall–Kier alpha value is 0.947. The molecule has 9 heavy (non-hydrogen) atoms. The molecule has 0 amide bonds. The molecule has 1 fully saturated rings. The maximum atomic E-state index is 2.55. The first kappa shape index (κ1) is 8.05. The maximum Gasteiger partial charge on any atom is 0.0512 e. The molecule has 1 aliphatic rings. The molecule has 54 valence electrons. The number of hydrogen-bond acceptors (Lipinski definition) is 0. The van der Waals surface area contributed by atoms with Gasteiger partial charge in [-0.05, 0) is 5.54 Å². The van der Waals surface area contributed by atoms with Crippen molar-refractivity contribution in [1.29, 1.82) is 0 Å². The standard InChI is InChI=1S/C7H15ISi/c1-9(2)5-3-4-7(9)6-8/h7H,3-6H2,1-2H3. The van der Waals surface area contributed by atoms with Crippen LogP contribution < -0.4 is 0 Å². The van der Waals surface area contributed by atoms with Crippen LogP contribution in [0.4, 0.5) is 0 Å². The maximum absolute atomic E-state index is 2.55. The Morgan fingerprint density at radius 3 is 2.44 bits per heavy atom. The molecular formula is C7H15ISi. The fraction of sp³-hybridized carbons (Fsp3) is 1.00. The third-order valence-electron chi connectivity index (χ3n) is 2.67. The van der Waals surface area contributed by atoms with E-state index in [1.807, 2.05) is 0 Å². The molecule has 1 heterocycles. The lowest BCUT2D eigenvalue weighted by Gasteiger charge is -2.22. The van der Waals surface area contributed by atoms with Gasteiger partial charge in [-0.15, -0.1) is 0 Å². The third-order valence-corrected chi connectivity index (χ3v) is 8.90. The average Bonchev–Trinajstić information content (AvgIpc) is 2.08. The van der Waals surface area contributed by atoms with Crippen molar-refractivity contribution in [2.24, 2.45) is 0 Å². The molecule has 2 heteroatoms. The van der Waals surface area contributed by atoms with Crippen LogP contribution in [-0.2, 0) is 0 Å². The summed E-state index contributed by atoms with van der Waals surface area (Å²) >= 11 is 2.55. The Morgan fingerprint density at radius 2 is 2.22 bits per heavy atom. The van der Waals surface area contributed by atoms with Crippen LogP contribution in [0.15, 0.2) is 0 Å². The molecule has 0 spiro atoms. The summed E-state index contributed by atoms with van der Waals surface area (Å²) in [5.41, 5.74) is 1.14. The summed E-state index contributed by atoms with van der Waals surface area (Å²) in [5, 5.41) is 0. The summed E-state index contributed by atoms with van der Waals surface area (Å²) in [5.74, 6) is 0. The number of rotatable bonds is 1. The molecule has 0 bridgehead atoms. The van der Waals surface area contributed by atoms with E-state index >= 15 is 0 Å². The van der Waals surface area contributed by atoms with E-state index < -0.39 is 8.07 Å². The number of hydrogen-bond donors (Lipinski definition) is 0. The van der Waals surface area contributed by atoms with E-state index in [2.05, 4.69) is 35.7 Å². The van der Waals surface area contributed by atoms with Crippen molar-refractivity contribution in [3.63, 3.8) is 0 Å². The van der Waals surface area contributed by atoms with Crippen molar-refractivity contribution in [3.05, 3.63) is 0 Å². The topological polar surface area (TPSA) is 0 Å². The van der Waals surface area contributed by atoms with Crippen LogP contribution in [0, 0.1) is 0 Å². The largest absolute Gasteiger partial charge is 0.0864 e. The zero-order chi connectivity index (χ0) is 6.91. The molecule has 1 saturated heterocycles. The lowest BCUT2D eigenvalue weighted by atomic mass is 10.3. The van der Waals surface area contributed by atoms with Gasteiger partial charge in [0.05, 0.1) is 8.07 Å². The fourth-order valence-corrected chi connectivity index (χ4v) is 8.63. The second-order valence-corrected chi connectivity index (χ2v) is 9.91. The molecular weight excluding hydrogens is 239 g/mol. The second-order valence-electron chi connectivity index (χ2n) is 3.73. The van der Waals surface area contributed by atoms with Crippen LogP contribution in [-0.4, -0.2) is 12.5 Å². The van der Waals surface area contributed by atoms with Crippen LogP contribution in [0.3, 0.4) is 0 Å². The molecule has 0 aromatic heterocycles. The highest BCUT2D eigenvalue weighted by atomic mass is 127. The van der Waals surface area contributed by atoms with Gasteiger partial charge in [-0.3, -0.25) is 0 Å². The summed E-state index contributed by atoms with van der Waals surface area (Å²) in [7, 11) is -0.677. The number of halogens is 1. The molecule has 1 rings (SSSR count). The van der Waals surface area contributed by atoms with Gasteiger partial charge >= 0.3 is 0 Å². The van der Waals surface area contributed by atoms with Crippen LogP contribution in [0.1, 0.15) is 12.8 Å². The first-order valence-electron chi connectivity index (χ1n) is 3.73. The van der Waals surface area contributed by atoms with E-state index in [0.29, 0.717) is 0 Å². The molecule has 1 unspecified atom stereocenters. The van der Waals surface area contributed by atoms with E-state index in [1.54, 1.807) is 6.04 Å². The second kappa shape index (κ2) is 2.90. The molecule has 0 N–H and O–H groups in total. The molecule has 1 aliphatic heterocycles. The van der Waals surface area contributed by atoms with Crippen molar-refractivity contribution in [3.8, 4) is 0 Å². The Bertz CT molecular complexity index is 101. The minimum absolute atomic E-state index is 0.677. The molecule has 1 atom stereocenters. The lowest BCUT2D eigenvalue weighted by Crippen LogP contribution is -2.27. The van der Waals surface area contributed by atoms with Gasteiger partial charge < -0.3 is 0 Å². The highest BCUT2D eigenvalue weighted by Gasteiger charge is 2.34. The first-order valence-corrected chi connectivity index (χ1v) is 8.54. The Kier molecular flexibility index (Phi) is 2.60. The molecule has 0 saturated carbocycles. The first-order chi connectivity index (χ1) is 4.17. The average molecular weight is 254 g/mol.